The number of benzene rings is 2. The minimum absolute atomic E-state index is 0.0442. The molecule has 0 spiro atoms. The molecule has 0 atom stereocenters. The third-order valence-corrected chi connectivity index (χ3v) is 3.25. The van der Waals surface area contributed by atoms with Gasteiger partial charge in [-0.1, -0.05) is 30.7 Å². The van der Waals surface area contributed by atoms with Crippen LogP contribution in [0.2, 0.25) is 5.02 Å². The van der Waals surface area contributed by atoms with Gasteiger partial charge in [-0.2, -0.15) is 0 Å². The molecule has 0 aliphatic heterocycles. The Hall–Kier alpha value is -1.52. The number of hydrogen-bond acceptors (Lipinski definition) is 1. The summed E-state index contributed by atoms with van der Waals surface area (Å²) >= 11 is 5.87. The van der Waals surface area contributed by atoms with Gasteiger partial charge in [0.2, 0.25) is 0 Å². The zero-order valence-electron chi connectivity index (χ0n) is 10.8. The van der Waals surface area contributed by atoms with Crippen LogP contribution in [0.1, 0.15) is 12.5 Å². The van der Waals surface area contributed by atoms with Crippen LogP contribution in [-0.4, -0.2) is 6.54 Å². The van der Waals surface area contributed by atoms with E-state index >= 15 is 0 Å². The molecule has 5 heteroatoms. The molecule has 2 aromatic carbocycles. The Labute approximate surface area is 120 Å². The fraction of sp³-hybridized carbons (Fsp3) is 0.200. The molecule has 0 amide bonds. The molecule has 2 rings (SSSR count). The maximum atomic E-state index is 13.9. The van der Waals surface area contributed by atoms with Gasteiger partial charge in [0, 0.05) is 17.7 Å². The molecule has 0 bridgehead atoms. The highest BCUT2D eigenvalue weighted by atomic mass is 35.5. The van der Waals surface area contributed by atoms with Gasteiger partial charge in [-0.05, 0) is 30.3 Å². The molecule has 2 aromatic rings. The normalized spacial score (nSPS) is 10.8. The van der Waals surface area contributed by atoms with Gasteiger partial charge in [-0.15, -0.1) is 0 Å². The van der Waals surface area contributed by atoms with Gasteiger partial charge in [0.1, 0.15) is 5.82 Å². The van der Waals surface area contributed by atoms with Crippen LogP contribution < -0.4 is 5.32 Å². The average molecular weight is 300 g/mol. The second-order valence-corrected chi connectivity index (χ2v) is 4.74. The largest absolute Gasteiger partial charge is 0.313 e. The molecule has 0 radical (unpaired) electrons. The van der Waals surface area contributed by atoms with Crippen molar-refractivity contribution in [3.63, 3.8) is 0 Å². The van der Waals surface area contributed by atoms with Crippen molar-refractivity contribution in [2.75, 3.05) is 6.54 Å². The van der Waals surface area contributed by atoms with Crippen molar-refractivity contribution < 1.29 is 13.2 Å². The van der Waals surface area contributed by atoms with Crippen molar-refractivity contribution in [2.45, 2.75) is 13.5 Å². The van der Waals surface area contributed by atoms with Crippen LogP contribution in [0.15, 0.2) is 30.3 Å². The van der Waals surface area contributed by atoms with Gasteiger partial charge in [0.05, 0.1) is 5.02 Å². The fourth-order valence-electron chi connectivity index (χ4n) is 1.86. The summed E-state index contributed by atoms with van der Waals surface area (Å²) in [5.74, 6) is -2.45. The fourth-order valence-corrected chi connectivity index (χ4v) is 2.12. The first-order valence-corrected chi connectivity index (χ1v) is 6.54. The SMILES string of the molecule is CCNCc1ccc(-c2cc(F)c(F)cc2Cl)cc1F. The van der Waals surface area contributed by atoms with E-state index in [4.69, 9.17) is 11.6 Å². The lowest BCUT2D eigenvalue weighted by Gasteiger charge is -2.09. The van der Waals surface area contributed by atoms with Crippen molar-refractivity contribution in [3.05, 3.63) is 58.4 Å². The van der Waals surface area contributed by atoms with E-state index in [1.165, 1.54) is 6.07 Å². The Morgan fingerprint density at radius 3 is 2.35 bits per heavy atom. The summed E-state index contributed by atoms with van der Waals surface area (Å²) in [5.41, 5.74) is 1.18. The highest BCUT2D eigenvalue weighted by Crippen LogP contribution is 2.31. The van der Waals surface area contributed by atoms with Gasteiger partial charge in [-0.3, -0.25) is 0 Å². The van der Waals surface area contributed by atoms with E-state index in [9.17, 15) is 13.2 Å². The lowest BCUT2D eigenvalue weighted by Crippen LogP contribution is -2.12. The molecule has 0 heterocycles. The minimum atomic E-state index is -1.03. The van der Waals surface area contributed by atoms with E-state index in [1.807, 2.05) is 6.92 Å². The van der Waals surface area contributed by atoms with E-state index in [0.717, 1.165) is 18.7 Å². The first-order valence-electron chi connectivity index (χ1n) is 6.17. The Morgan fingerprint density at radius 1 is 1.00 bits per heavy atom. The maximum Gasteiger partial charge on any atom is 0.160 e. The predicted molar refractivity (Wildman–Crippen MR) is 74.1 cm³/mol. The van der Waals surface area contributed by atoms with Crippen molar-refractivity contribution in [2.24, 2.45) is 0 Å². The van der Waals surface area contributed by atoms with Crippen molar-refractivity contribution in [3.8, 4) is 11.1 Å². The van der Waals surface area contributed by atoms with Crippen LogP contribution in [-0.2, 0) is 6.54 Å². The van der Waals surface area contributed by atoms with Crippen molar-refractivity contribution >= 4 is 11.6 Å². The quantitative estimate of drug-likeness (QED) is 0.818. The average Bonchev–Trinajstić information content (AvgIpc) is 2.41. The molecule has 20 heavy (non-hydrogen) atoms. The van der Waals surface area contributed by atoms with Gasteiger partial charge in [0.15, 0.2) is 11.6 Å². The van der Waals surface area contributed by atoms with E-state index in [0.29, 0.717) is 17.7 Å². The summed E-state index contributed by atoms with van der Waals surface area (Å²) < 4.78 is 40.2. The summed E-state index contributed by atoms with van der Waals surface area (Å²) in [7, 11) is 0. The molecule has 106 valence electrons. The van der Waals surface area contributed by atoms with Crippen LogP contribution in [0.5, 0.6) is 0 Å². The van der Waals surface area contributed by atoms with E-state index in [1.54, 1.807) is 12.1 Å². The second kappa shape index (κ2) is 6.29. The number of hydrogen-bond donors (Lipinski definition) is 1. The minimum Gasteiger partial charge on any atom is -0.313 e. The smallest absolute Gasteiger partial charge is 0.160 e. The summed E-state index contributed by atoms with van der Waals surface area (Å²) in [5, 5.41) is 3.06. The van der Waals surface area contributed by atoms with E-state index in [-0.39, 0.29) is 10.6 Å². The molecule has 0 aromatic heterocycles. The summed E-state index contributed by atoms with van der Waals surface area (Å²) in [6.45, 7) is 3.07. The Bertz CT molecular complexity index is 629. The van der Waals surface area contributed by atoms with Crippen LogP contribution in [0.3, 0.4) is 0 Å². The molecule has 1 nitrogen and oxygen atoms in total. The predicted octanol–water partition coefficient (Wildman–Crippen LogP) is 4.53. The summed E-state index contributed by atoms with van der Waals surface area (Å²) in [6.07, 6.45) is 0. The van der Waals surface area contributed by atoms with Gasteiger partial charge in [-0.25, -0.2) is 13.2 Å². The maximum absolute atomic E-state index is 13.9. The van der Waals surface area contributed by atoms with E-state index < -0.39 is 17.5 Å². The third-order valence-electron chi connectivity index (χ3n) is 2.94. The molecule has 0 aliphatic carbocycles. The lowest BCUT2D eigenvalue weighted by atomic mass is 10.0. The molecular formula is C15H13ClF3N. The van der Waals surface area contributed by atoms with E-state index in [2.05, 4.69) is 5.32 Å². The van der Waals surface area contributed by atoms with Gasteiger partial charge in [0.25, 0.3) is 0 Å². The van der Waals surface area contributed by atoms with Gasteiger partial charge < -0.3 is 5.32 Å². The number of rotatable bonds is 4. The van der Waals surface area contributed by atoms with Crippen LogP contribution in [0.25, 0.3) is 11.1 Å². The highest BCUT2D eigenvalue weighted by molar-refractivity contribution is 6.33. The third kappa shape index (κ3) is 3.14. The standard InChI is InChI=1S/C15H13ClF3N/c1-2-20-8-10-4-3-9(5-13(10)17)11-6-14(18)15(19)7-12(11)16/h3-7,20H,2,8H2,1H3. The molecule has 0 aliphatic rings. The monoisotopic (exact) mass is 299 g/mol. The lowest BCUT2D eigenvalue weighted by molar-refractivity contribution is 0.509. The highest BCUT2D eigenvalue weighted by Gasteiger charge is 2.12. The zero-order chi connectivity index (χ0) is 14.7. The zero-order valence-corrected chi connectivity index (χ0v) is 11.6. The van der Waals surface area contributed by atoms with Crippen molar-refractivity contribution in [1.82, 2.24) is 5.32 Å². The molecular weight excluding hydrogens is 287 g/mol. The number of nitrogens with one attached hydrogen (secondary N) is 1. The second-order valence-electron chi connectivity index (χ2n) is 4.33. The molecule has 1 N–H and O–H groups in total. The molecule has 0 saturated carbocycles. The topological polar surface area (TPSA) is 12.0 Å². The van der Waals surface area contributed by atoms with Crippen LogP contribution in [0.4, 0.5) is 13.2 Å². The number of halogens is 4. The molecule has 0 unspecified atom stereocenters. The first kappa shape index (κ1) is 14.9. The van der Waals surface area contributed by atoms with Gasteiger partial charge >= 0.3 is 0 Å². The molecule has 0 fully saturated rings. The summed E-state index contributed by atoms with van der Waals surface area (Å²) in [4.78, 5) is 0. The molecule has 0 saturated heterocycles. The van der Waals surface area contributed by atoms with Crippen LogP contribution in [0, 0.1) is 17.5 Å². The Morgan fingerprint density at radius 2 is 1.70 bits per heavy atom. The first-order chi connectivity index (χ1) is 9.52. The Kier molecular flexibility index (Phi) is 4.68. The van der Waals surface area contributed by atoms with Crippen LogP contribution >= 0.6 is 11.6 Å². The summed E-state index contributed by atoms with van der Waals surface area (Å²) in [6, 6.07) is 6.36. The Balaban J connectivity index is 2.39. The van der Waals surface area contributed by atoms with Crippen molar-refractivity contribution in [1.29, 1.82) is 0 Å².